The maximum absolute atomic E-state index is 12.5. The van der Waals surface area contributed by atoms with Gasteiger partial charge in [0.05, 0.1) is 12.5 Å². The Balaban J connectivity index is 2.11. The Kier molecular flexibility index (Phi) is 5.38. The summed E-state index contributed by atoms with van der Waals surface area (Å²) in [6.45, 7) is 4.57. The third kappa shape index (κ3) is 4.09. The average Bonchev–Trinajstić information content (AvgIpc) is 2.50. The van der Waals surface area contributed by atoms with Crippen molar-refractivity contribution in [2.45, 2.75) is 26.2 Å². The molecule has 1 unspecified atom stereocenters. The van der Waals surface area contributed by atoms with E-state index >= 15 is 0 Å². The second-order valence-corrected chi connectivity index (χ2v) is 4.82. The zero-order chi connectivity index (χ0) is 15.1. The second-order valence-electron chi connectivity index (χ2n) is 4.82. The minimum absolute atomic E-state index is 0.0114. The first kappa shape index (κ1) is 15.1. The molecule has 110 valence electrons. The number of carbonyl (C=O) groups is 1. The maximum atomic E-state index is 12.5. The topological polar surface area (TPSA) is 38.3 Å². The first-order valence-electron chi connectivity index (χ1n) is 7.33. The minimum Gasteiger partial charge on any atom is -0.494 e. The van der Waals surface area contributed by atoms with E-state index in [9.17, 15) is 4.79 Å². The predicted octanol–water partition coefficient (Wildman–Crippen LogP) is 4.22. The summed E-state index contributed by atoms with van der Waals surface area (Å²) in [5.74, 6) is 0.641. The van der Waals surface area contributed by atoms with E-state index in [1.165, 1.54) is 0 Å². The van der Waals surface area contributed by atoms with Gasteiger partial charge in [-0.3, -0.25) is 4.79 Å². The Morgan fingerprint density at radius 2 is 1.86 bits per heavy atom. The van der Waals surface area contributed by atoms with Gasteiger partial charge in [0.2, 0.25) is 5.91 Å². The van der Waals surface area contributed by atoms with Gasteiger partial charge in [0, 0.05) is 11.8 Å². The largest absolute Gasteiger partial charge is 0.494 e. The molecule has 0 radical (unpaired) electrons. The van der Waals surface area contributed by atoms with Crippen LogP contribution in [0.4, 0.5) is 5.69 Å². The van der Waals surface area contributed by atoms with Crippen molar-refractivity contribution in [3.8, 4) is 5.75 Å². The molecule has 3 nitrogen and oxygen atoms in total. The monoisotopic (exact) mass is 283 g/mol. The Morgan fingerprint density at radius 3 is 2.52 bits per heavy atom. The lowest BCUT2D eigenvalue weighted by Crippen LogP contribution is -2.20. The van der Waals surface area contributed by atoms with Crippen molar-refractivity contribution in [1.82, 2.24) is 0 Å². The maximum Gasteiger partial charge on any atom is 0.231 e. The molecule has 0 aliphatic heterocycles. The van der Waals surface area contributed by atoms with Gasteiger partial charge in [-0.25, -0.2) is 0 Å². The van der Waals surface area contributed by atoms with Gasteiger partial charge in [0.25, 0.3) is 0 Å². The summed E-state index contributed by atoms with van der Waals surface area (Å²) >= 11 is 0. The number of rotatable bonds is 6. The average molecular weight is 283 g/mol. The lowest BCUT2D eigenvalue weighted by molar-refractivity contribution is -0.117. The quantitative estimate of drug-likeness (QED) is 0.862. The summed E-state index contributed by atoms with van der Waals surface area (Å²) in [5.41, 5.74) is 1.80. The molecule has 1 N–H and O–H groups in total. The third-order valence-electron chi connectivity index (χ3n) is 3.34. The number of hydrogen-bond donors (Lipinski definition) is 1. The summed E-state index contributed by atoms with van der Waals surface area (Å²) in [4.78, 5) is 12.5. The van der Waals surface area contributed by atoms with Crippen molar-refractivity contribution >= 4 is 11.6 Å². The summed E-state index contributed by atoms with van der Waals surface area (Å²) in [6, 6.07) is 17.3. The molecular formula is C18H21NO2. The van der Waals surface area contributed by atoms with Crippen molar-refractivity contribution in [3.63, 3.8) is 0 Å². The molecule has 0 aliphatic rings. The molecular weight excluding hydrogens is 262 g/mol. The molecule has 0 aromatic heterocycles. The van der Waals surface area contributed by atoms with E-state index in [1.54, 1.807) is 0 Å². The number of anilines is 1. The number of hydrogen-bond acceptors (Lipinski definition) is 2. The van der Waals surface area contributed by atoms with Crippen LogP contribution >= 0.6 is 0 Å². The van der Waals surface area contributed by atoms with Gasteiger partial charge in [-0.15, -0.1) is 0 Å². The standard InChI is InChI=1S/C18H21NO2/c1-3-17(14-9-6-5-7-10-14)18(20)19-15-11-8-12-16(13-15)21-4-2/h5-13,17H,3-4H2,1-2H3,(H,19,20). The highest BCUT2D eigenvalue weighted by atomic mass is 16.5. The van der Waals surface area contributed by atoms with E-state index in [2.05, 4.69) is 5.32 Å². The van der Waals surface area contributed by atoms with Crippen molar-refractivity contribution in [1.29, 1.82) is 0 Å². The molecule has 21 heavy (non-hydrogen) atoms. The van der Waals surface area contributed by atoms with Gasteiger partial charge in [0.1, 0.15) is 5.75 Å². The number of benzene rings is 2. The smallest absolute Gasteiger partial charge is 0.231 e. The van der Waals surface area contributed by atoms with Crippen molar-refractivity contribution in [2.24, 2.45) is 0 Å². The highest BCUT2D eigenvalue weighted by molar-refractivity contribution is 5.95. The highest BCUT2D eigenvalue weighted by Crippen LogP contribution is 2.23. The van der Waals surface area contributed by atoms with Crippen LogP contribution in [0.5, 0.6) is 5.75 Å². The first-order chi connectivity index (χ1) is 10.2. The lowest BCUT2D eigenvalue weighted by atomic mass is 9.95. The van der Waals surface area contributed by atoms with Gasteiger partial charge in [0.15, 0.2) is 0 Å². The molecule has 2 rings (SSSR count). The Hall–Kier alpha value is -2.29. The third-order valence-corrected chi connectivity index (χ3v) is 3.34. The van der Waals surface area contributed by atoms with E-state index in [1.807, 2.05) is 68.4 Å². The molecule has 0 saturated heterocycles. The van der Waals surface area contributed by atoms with E-state index in [-0.39, 0.29) is 11.8 Å². The van der Waals surface area contributed by atoms with Crippen molar-refractivity contribution < 1.29 is 9.53 Å². The summed E-state index contributed by atoms with van der Waals surface area (Å²) in [6.07, 6.45) is 0.765. The molecule has 0 heterocycles. The molecule has 0 fully saturated rings. The van der Waals surface area contributed by atoms with Gasteiger partial charge in [-0.1, -0.05) is 43.3 Å². The Bertz CT molecular complexity index is 581. The molecule has 1 amide bonds. The van der Waals surface area contributed by atoms with Crippen molar-refractivity contribution in [2.75, 3.05) is 11.9 Å². The van der Waals surface area contributed by atoms with Gasteiger partial charge in [-0.05, 0) is 31.0 Å². The van der Waals surface area contributed by atoms with E-state index in [0.29, 0.717) is 6.61 Å². The van der Waals surface area contributed by atoms with E-state index < -0.39 is 0 Å². The number of amides is 1. The molecule has 0 spiro atoms. The normalized spacial score (nSPS) is 11.7. The fourth-order valence-corrected chi connectivity index (χ4v) is 2.32. The van der Waals surface area contributed by atoms with Gasteiger partial charge in [-0.2, -0.15) is 0 Å². The number of nitrogens with one attached hydrogen (secondary N) is 1. The van der Waals surface area contributed by atoms with Crippen LogP contribution in [-0.2, 0) is 4.79 Å². The van der Waals surface area contributed by atoms with E-state index in [4.69, 9.17) is 4.74 Å². The molecule has 1 atom stereocenters. The molecule has 0 aliphatic carbocycles. The molecule has 3 heteroatoms. The Labute approximate surface area is 126 Å². The predicted molar refractivity (Wildman–Crippen MR) is 85.7 cm³/mol. The van der Waals surface area contributed by atoms with Gasteiger partial charge >= 0.3 is 0 Å². The zero-order valence-electron chi connectivity index (χ0n) is 12.5. The van der Waals surface area contributed by atoms with Crippen LogP contribution in [0, 0.1) is 0 Å². The molecule has 0 bridgehead atoms. The van der Waals surface area contributed by atoms with Crippen LogP contribution in [-0.4, -0.2) is 12.5 Å². The summed E-state index contributed by atoms with van der Waals surface area (Å²) in [5, 5.41) is 2.97. The van der Waals surface area contributed by atoms with Gasteiger partial charge < -0.3 is 10.1 Å². The molecule has 2 aromatic rings. The zero-order valence-corrected chi connectivity index (χ0v) is 12.5. The fraction of sp³-hybridized carbons (Fsp3) is 0.278. The van der Waals surface area contributed by atoms with E-state index in [0.717, 1.165) is 23.4 Å². The summed E-state index contributed by atoms with van der Waals surface area (Å²) in [7, 11) is 0. The van der Waals surface area contributed by atoms with Crippen LogP contribution < -0.4 is 10.1 Å². The van der Waals surface area contributed by atoms with Crippen LogP contribution in [0.15, 0.2) is 54.6 Å². The van der Waals surface area contributed by atoms with Crippen LogP contribution in [0.25, 0.3) is 0 Å². The van der Waals surface area contributed by atoms with Crippen LogP contribution in [0.2, 0.25) is 0 Å². The fourth-order valence-electron chi connectivity index (χ4n) is 2.32. The molecule has 2 aromatic carbocycles. The Morgan fingerprint density at radius 1 is 1.10 bits per heavy atom. The molecule has 0 saturated carbocycles. The van der Waals surface area contributed by atoms with Crippen LogP contribution in [0.3, 0.4) is 0 Å². The number of ether oxygens (including phenoxy) is 1. The SMILES string of the molecule is CCOc1cccc(NC(=O)C(CC)c2ccccc2)c1. The lowest BCUT2D eigenvalue weighted by Gasteiger charge is -2.16. The van der Waals surface area contributed by atoms with Crippen LogP contribution in [0.1, 0.15) is 31.7 Å². The summed E-state index contributed by atoms with van der Waals surface area (Å²) < 4.78 is 5.45. The minimum atomic E-state index is -0.137. The first-order valence-corrected chi connectivity index (χ1v) is 7.33. The highest BCUT2D eigenvalue weighted by Gasteiger charge is 2.18. The second kappa shape index (κ2) is 7.48. The number of carbonyl (C=O) groups excluding carboxylic acids is 1. The van der Waals surface area contributed by atoms with Crippen molar-refractivity contribution in [3.05, 3.63) is 60.2 Å².